The smallest absolute Gasteiger partial charge is 0.272 e. The van der Waals surface area contributed by atoms with Crippen molar-refractivity contribution in [3.05, 3.63) is 160 Å². The van der Waals surface area contributed by atoms with Crippen LogP contribution in [0.1, 0.15) is 26.7 Å². The number of nitrogens with zero attached hydrogens (tertiary/aromatic N) is 1. The summed E-state index contributed by atoms with van der Waals surface area (Å²) in [5, 5.41) is 8.63. The summed E-state index contributed by atoms with van der Waals surface area (Å²) >= 11 is 13.7. The Kier molecular flexibility index (Phi) is 10.7. The maximum absolute atomic E-state index is 13.6. The van der Waals surface area contributed by atoms with Gasteiger partial charge in [-0.2, -0.15) is 0 Å². The third-order valence-electron chi connectivity index (χ3n) is 6.40. The van der Waals surface area contributed by atoms with Crippen molar-refractivity contribution in [2.24, 2.45) is 0 Å². The molecule has 1 unspecified atom stereocenters. The zero-order valence-corrected chi connectivity index (χ0v) is 25.9. The third kappa shape index (κ3) is 8.83. The van der Waals surface area contributed by atoms with Crippen molar-refractivity contribution >= 4 is 70.1 Å². The van der Waals surface area contributed by atoms with Gasteiger partial charge >= 0.3 is 0 Å². The van der Waals surface area contributed by atoms with E-state index in [9.17, 15) is 14.4 Å². The lowest BCUT2D eigenvalue weighted by atomic mass is 10.1. The largest absolute Gasteiger partial charge is 0.323 e. The second-order valence-corrected chi connectivity index (χ2v) is 11.7. The number of carbonyl (C=O) groups is 3. The van der Waals surface area contributed by atoms with Crippen molar-refractivity contribution in [3.63, 3.8) is 0 Å². The third-order valence-corrected chi connectivity index (χ3v) is 8.20. The fraction of sp³-hybridized carbons (Fsp3) is 0.0286. The van der Waals surface area contributed by atoms with Gasteiger partial charge < -0.3 is 16.0 Å². The van der Waals surface area contributed by atoms with E-state index in [0.717, 1.165) is 10.5 Å². The molecule has 0 aliphatic heterocycles. The summed E-state index contributed by atoms with van der Waals surface area (Å²) in [5.74, 6) is -1.24. The van der Waals surface area contributed by atoms with Crippen LogP contribution in [0.2, 0.25) is 10.0 Å². The van der Waals surface area contributed by atoms with Gasteiger partial charge in [0.15, 0.2) is 0 Å². The fourth-order valence-electron chi connectivity index (χ4n) is 4.24. The molecule has 0 aliphatic carbocycles. The molecule has 0 aliphatic rings. The Morgan fingerprint density at radius 2 is 1.53 bits per heavy atom. The summed E-state index contributed by atoms with van der Waals surface area (Å²) in [4.78, 5) is 44.8. The molecule has 5 aromatic rings. The van der Waals surface area contributed by atoms with Gasteiger partial charge in [-0.1, -0.05) is 83.9 Å². The molecule has 7 nitrogen and oxygen atoms in total. The lowest BCUT2D eigenvalue weighted by Crippen LogP contribution is -2.30. The number of carbonyl (C=O) groups excluding carboxylic acids is 3. The van der Waals surface area contributed by atoms with Crippen molar-refractivity contribution in [2.75, 3.05) is 10.6 Å². The number of amides is 3. The lowest BCUT2D eigenvalue weighted by molar-refractivity contribution is -0.116. The molecule has 3 N–H and O–H groups in total. The average molecular weight is 654 g/mol. The van der Waals surface area contributed by atoms with Gasteiger partial charge in [0.1, 0.15) is 10.9 Å². The molecular weight excluding hydrogens is 627 g/mol. The highest BCUT2D eigenvalue weighted by atomic mass is 35.5. The van der Waals surface area contributed by atoms with E-state index < -0.39 is 17.1 Å². The van der Waals surface area contributed by atoms with Crippen LogP contribution in [-0.4, -0.2) is 22.7 Å². The predicted molar refractivity (Wildman–Crippen MR) is 181 cm³/mol. The summed E-state index contributed by atoms with van der Waals surface area (Å²) in [7, 11) is 0. The van der Waals surface area contributed by atoms with E-state index in [1.54, 1.807) is 97.3 Å². The van der Waals surface area contributed by atoms with Crippen molar-refractivity contribution in [1.29, 1.82) is 0 Å². The van der Waals surface area contributed by atoms with Gasteiger partial charge in [-0.05, 0) is 71.8 Å². The Morgan fingerprint density at radius 1 is 0.778 bits per heavy atom. The number of benzene rings is 4. The number of pyridine rings is 1. The molecule has 0 radical (unpaired) electrons. The van der Waals surface area contributed by atoms with E-state index >= 15 is 0 Å². The number of thioether (sulfide) groups is 1. The zero-order valence-electron chi connectivity index (χ0n) is 23.6. The molecule has 45 heavy (non-hydrogen) atoms. The standard InChI is InChI=1S/C35H26Cl2N4O3S/c36-26-16-17-30(29(37)20-26)40-35(44)32(24-10-3-1-4-11-24)45-28-15-7-14-27(21-28)39-34(43)31(19-23-9-8-18-38-22-23)41-33(42)25-12-5-2-6-13-25/h1-22,32H,(H,39,43)(H,40,44)(H,41,42)/b31-19-. The van der Waals surface area contributed by atoms with Gasteiger partial charge in [-0.15, -0.1) is 11.8 Å². The molecule has 224 valence electrons. The minimum atomic E-state index is -0.643. The molecule has 1 atom stereocenters. The van der Waals surface area contributed by atoms with Gasteiger partial charge in [0, 0.05) is 33.6 Å². The molecule has 10 heteroatoms. The number of hydrogen-bond donors (Lipinski definition) is 3. The number of hydrogen-bond acceptors (Lipinski definition) is 5. The highest BCUT2D eigenvalue weighted by Crippen LogP contribution is 2.38. The summed E-state index contributed by atoms with van der Waals surface area (Å²) in [6.45, 7) is 0. The Balaban J connectivity index is 1.37. The van der Waals surface area contributed by atoms with E-state index in [2.05, 4.69) is 20.9 Å². The van der Waals surface area contributed by atoms with E-state index in [4.69, 9.17) is 23.2 Å². The second kappa shape index (κ2) is 15.2. The fourth-order valence-corrected chi connectivity index (χ4v) is 5.78. The van der Waals surface area contributed by atoms with E-state index in [0.29, 0.717) is 32.5 Å². The summed E-state index contributed by atoms with van der Waals surface area (Å²) in [6.07, 6.45) is 4.76. The maximum atomic E-state index is 13.6. The summed E-state index contributed by atoms with van der Waals surface area (Å²) < 4.78 is 0. The lowest BCUT2D eigenvalue weighted by Gasteiger charge is -2.18. The summed E-state index contributed by atoms with van der Waals surface area (Å²) in [5.41, 5.74) is 2.79. The average Bonchev–Trinajstić information content (AvgIpc) is 3.06. The summed E-state index contributed by atoms with van der Waals surface area (Å²) in [6, 6.07) is 33.5. The van der Waals surface area contributed by atoms with Crippen LogP contribution in [0.5, 0.6) is 0 Å². The molecule has 0 spiro atoms. The monoisotopic (exact) mass is 652 g/mol. The molecule has 1 heterocycles. The SMILES string of the molecule is O=C(Nc1cccc(SC(C(=O)Nc2ccc(Cl)cc2Cl)c2ccccc2)c1)/C(=C/c1cccnc1)NC(=O)c1ccccc1. The molecule has 1 aromatic heterocycles. The quantitative estimate of drug-likeness (QED) is 0.104. The van der Waals surface area contributed by atoms with Crippen LogP contribution < -0.4 is 16.0 Å². The van der Waals surface area contributed by atoms with Crippen LogP contribution in [0.15, 0.2) is 138 Å². The number of aromatic nitrogens is 1. The molecule has 5 rings (SSSR count). The maximum Gasteiger partial charge on any atom is 0.272 e. The van der Waals surface area contributed by atoms with E-state index in [1.165, 1.54) is 11.8 Å². The van der Waals surface area contributed by atoms with Gasteiger partial charge in [0.25, 0.3) is 11.8 Å². The Hall–Kier alpha value is -4.89. The number of anilines is 2. The highest BCUT2D eigenvalue weighted by molar-refractivity contribution is 8.00. The van der Waals surface area contributed by atoms with Crippen molar-refractivity contribution in [3.8, 4) is 0 Å². The Morgan fingerprint density at radius 3 is 2.24 bits per heavy atom. The highest BCUT2D eigenvalue weighted by Gasteiger charge is 2.23. The number of rotatable bonds is 10. The zero-order chi connectivity index (χ0) is 31.6. The van der Waals surface area contributed by atoms with Crippen LogP contribution in [0.25, 0.3) is 6.08 Å². The van der Waals surface area contributed by atoms with Crippen LogP contribution in [0.4, 0.5) is 11.4 Å². The number of nitrogens with one attached hydrogen (secondary N) is 3. The van der Waals surface area contributed by atoms with Crippen LogP contribution >= 0.6 is 35.0 Å². The van der Waals surface area contributed by atoms with Crippen molar-refractivity contribution in [2.45, 2.75) is 10.1 Å². The normalized spacial score (nSPS) is 11.7. The molecule has 0 bridgehead atoms. The first kappa shape index (κ1) is 31.5. The molecular formula is C35H26Cl2N4O3S. The molecule has 0 fully saturated rings. The second-order valence-electron chi connectivity index (χ2n) is 9.67. The molecule has 0 saturated carbocycles. The minimum absolute atomic E-state index is 0.0382. The molecule has 3 amide bonds. The Labute approximate surface area is 274 Å². The van der Waals surface area contributed by atoms with Gasteiger partial charge in [-0.25, -0.2) is 0 Å². The van der Waals surface area contributed by atoms with Crippen molar-refractivity contribution < 1.29 is 14.4 Å². The van der Waals surface area contributed by atoms with Gasteiger partial charge in [0.05, 0.1) is 10.7 Å². The van der Waals surface area contributed by atoms with E-state index in [-0.39, 0.29) is 11.6 Å². The first-order valence-corrected chi connectivity index (χ1v) is 15.4. The molecule has 0 saturated heterocycles. The van der Waals surface area contributed by atoms with Gasteiger partial charge in [-0.3, -0.25) is 19.4 Å². The topological polar surface area (TPSA) is 100 Å². The first-order chi connectivity index (χ1) is 21.9. The number of halogens is 2. The Bertz CT molecular complexity index is 1840. The van der Waals surface area contributed by atoms with E-state index in [1.807, 2.05) is 36.4 Å². The van der Waals surface area contributed by atoms with Crippen LogP contribution in [0.3, 0.4) is 0 Å². The first-order valence-electron chi connectivity index (χ1n) is 13.7. The van der Waals surface area contributed by atoms with Crippen LogP contribution in [-0.2, 0) is 9.59 Å². The molecule has 4 aromatic carbocycles. The minimum Gasteiger partial charge on any atom is -0.323 e. The van der Waals surface area contributed by atoms with Gasteiger partial charge in [0.2, 0.25) is 5.91 Å². The van der Waals surface area contributed by atoms with Crippen LogP contribution in [0, 0.1) is 0 Å². The van der Waals surface area contributed by atoms with Crippen molar-refractivity contribution in [1.82, 2.24) is 10.3 Å². The predicted octanol–water partition coefficient (Wildman–Crippen LogP) is 8.27.